The predicted molar refractivity (Wildman–Crippen MR) is 120 cm³/mol. The van der Waals surface area contributed by atoms with E-state index in [1.54, 1.807) is 10.5 Å². The summed E-state index contributed by atoms with van der Waals surface area (Å²) < 4.78 is 34.2. The molecular weight excluding hydrogens is 410 g/mol. The highest BCUT2D eigenvalue weighted by atomic mass is 32.2. The monoisotopic (exact) mass is 437 g/mol. The fourth-order valence-electron chi connectivity index (χ4n) is 3.94. The Morgan fingerprint density at radius 2 is 1.77 bits per heavy atom. The third-order valence-corrected chi connectivity index (χ3v) is 8.04. The molecule has 0 bridgehead atoms. The summed E-state index contributed by atoms with van der Waals surface area (Å²) in [5, 5.41) is -0.484. The Morgan fingerprint density at radius 3 is 2.48 bits per heavy atom. The molecule has 1 aliphatic heterocycles. The lowest BCUT2D eigenvalue weighted by atomic mass is 10.0. The number of ether oxygens (including phenoxy) is 1. The van der Waals surface area contributed by atoms with Crippen molar-refractivity contribution < 1.29 is 13.2 Å². The van der Waals surface area contributed by atoms with E-state index in [1.807, 2.05) is 74.5 Å². The van der Waals surface area contributed by atoms with Gasteiger partial charge in [-0.2, -0.15) is 4.31 Å². The third-order valence-electron chi connectivity index (χ3n) is 5.67. The lowest BCUT2D eigenvalue weighted by Crippen LogP contribution is -2.44. The van der Waals surface area contributed by atoms with E-state index in [0.717, 1.165) is 23.2 Å². The summed E-state index contributed by atoms with van der Waals surface area (Å²) in [5.74, 6) is 1.33. The predicted octanol–water partition coefficient (Wildman–Crippen LogP) is 4.42. The van der Waals surface area contributed by atoms with Crippen LogP contribution >= 0.6 is 0 Å². The van der Waals surface area contributed by atoms with Crippen molar-refractivity contribution in [2.24, 2.45) is 0 Å². The fraction of sp³-hybridized carbons (Fsp3) is 0.333. The molecule has 31 heavy (non-hydrogen) atoms. The molecule has 1 aromatic heterocycles. The summed E-state index contributed by atoms with van der Waals surface area (Å²) in [4.78, 5) is 8.53. The highest BCUT2D eigenvalue weighted by molar-refractivity contribution is 7.89. The minimum absolute atomic E-state index is 0.0284. The lowest BCUT2D eigenvalue weighted by Gasteiger charge is -2.37. The van der Waals surface area contributed by atoms with Crippen molar-refractivity contribution in [3.05, 3.63) is 89.5 Å². The van der Waals surface area contributed by atoms with Crippen LogP contribution in [-0.4, -0.2) is 28.7 Å². The minimum atomic E-state index is -3.44. The summed E-state index contributed by atoms with van der Waals surface area (Å²) >= 11 is 0. The van der Waals surface area contributed by atoms with Crippen molar-refractivity contribution >= 4 is 10.0 Å². The molecule has 162 valence electrons. The smallest absolute Gasteiger partial charge is 0.221 e. The van der Waals surface area contributed by atoms with Crippen LogP contribution in [0, 0.1) is 6.92 Å². The molecule has 6 nitrogen and oxygen atoms in total. The molecule has 0 radical (unpaired) electrons. The van der Waals surface area contributed by atoms with E-state index in [9.17, 15) is 8.42 Å². The van der Waals surface area contributed by atoms with Crippen LogP contribution in [0.3, 0.4) is 0 Å². The Hall–Kier alpha value is -2.77. The van der Waals surface area contributed by atoms with Crippen molar-refractivity contribution in [3.8, 4) is 5.75 Å². The van der Waals surface area contributed by atoms with Crippen LogP contribution in [-0.2, 0) is 23.2 Å². The molecule has 3 aromatic rings. The van der Waals surface area contributed by atoms with Crippen LogP contribution < -0.4 is 4.74 Å². The second-order valence-corrected chi connectivity index (χ2v) is 10.0. The Labute approximate surface area is 184 Å². The highest BCUT2D eigenvalue weighted by Gasteiger charge is 2.40. The van der Waals surface area contributed by atoms with Gasteiger partial charge in [-0.25, -0.2) is 18.4 Å². The van der Waals surface area contributed by atoms with Crippen molar-refractivity contribution in [3.63, 3.8) is 0 Å². The van der Waals surface area contributed by atoms with Crippen molar-refractivity contribution in [2.75, 3.05) is 0 Å². The molecule has 4 rings (SSSR count). The maximum Gasteiger partial charge on any atom is 0.221 e. The maximum atomic E-state index is 13.4. The summed E-state index contributed by atoms with van der Waals surface area (Å²) in [5.41, 5.74) is 2.69. The zero-order valence-electron chi connectivity index (χ0n) is 17.8. The van der Waals surface area contributed by atoms with E-state index >= 15 is 0 Å². The van der Waals surface area contributed by atoms with E-state index in [-0.39, 0.29) is 12.6 Å². The van der Waals surface area contributed by atoms with Gasteiger partial charge in [-0.15, -0.1) is 0 Å². The number of hydrogen-bond acceptors (Lipinski definition) is 5. The zero-order valence-corrected chi connectivity index (χ0v) is 18.6. The Morgan fingerprint density at radius 1 is 1.03 bits per heavy atom. The van der Waals surface area contributed by atoms with Gasteiger partial charge in [-0.05, 0) is 56.0 Å². The minimum Gasteiger partial charge on any atom is -0.486 e. The van der Waals surface area contributed by atoms with Gasteiger partial charge in [-0.1, -0.05) is 42.5 Å². The molecular formula is C24H27N3O3S. The van der Waals surface area contributed by atoms with Crippen molar-refractivity contribution in [1.29, 1.82) is 0 Å². The van der Waals surface area contributed by atoms with Gasteiger partial charge in [0.15, 0.2) is 5.82 Å². The molecule has 0 aliphatic carbocycles. The standard InChI is InChI=1S/C24H27N3O3S/c1-18-14-15-25-24(26-18)17-30-22-11-9-20(10-12-22)16-27-19(2)8-13-23(31(27,28)29)21-6-4-3-5-7-21/h3-7,9-12,14-15,19,23H,8,13,16-17H2,1-2H3/t19-,23?/m0/s1. The van der Waals surface area contributed by atoms with Gasteiger partial charge in [-0.3, -0.25) is 0 Å². The van der Waals surface area contributed by atoms with Crippen LogP contribution in [0.25, 0.3) is 0 Å². The first-order valence-corrected chi connectivity index (χ1v) is 12.0. The van der Waals surface area contributed by atoms with E-state index < -0.39 is 15.3 Å². The fourth-order valence-corrected chi connectivity index (χ4v) is 6.14. The summed E-state index contributed by atoms with van der Waals surface area (Å²) in [6.07, 6.45) is 3.21. The number of aromatic nitrogens is 2. The van der Waals surface area contributed by atoms with Crippen LogP contribution in [0.5, 0.6) is 5.75 Å². The van der Waals surface area contributed by atoms with Crippen LogP contribution in [0.1, 0.15) is 47.7 Å². The van der Waals surface area contributed by atoms with Gasteiger partial charge < -0.3 is 4.74 Å². The largest absolute Gasteiger partial charge is 0.486 e. The quantitative estimate of drug-likeness (QED) is 0.571. The van der Waals surface area contributed by atoms with Gasteiger partial charge in [0.2, 0.25) is 10.0 Å². The first-order valence-electron chi connectivity index (χ1n) is 10.5. The molecule has 1 saturated heterocycles. The summed E-state index contributed by atoms with van der Waals surface area (Å²) in [7, 11) is -3.44. The van der Waals surface area contributed by atoms with Crippen LogP contribution in [0.2, 0.25) is 0 Å². The van der Waals surface area contributed by atoms with E-state index in [4.69, 9.17) is 4.74 Å². The molecule has 7 heteroatoms. The van der Waals surface area contributed by atoms with Crippen LogP contribution in [0.4, 0.5) is 0 Å². The second-order valence-electron chi connectivity index (χ2n) is 7.96. The maximum absolute atomic E-state index is 13.4. The second kappa shape index (κ2) is 9.16. The van der Waals surface area contributed by atoms with Gasteiger partial charge in [0, 0.05) is 24.5 Å². The first-order chi connectivity index (χ1) is 14.9. The molecule has 2 atom stereocenters. The summed E-state index contributed by atoms with van der Waals surface area (Å²) in [6, 6.07) is 18.9. The molecule has 1 fully saturated rings. The topological polar surface area (TPSA) is 72.4 Å². The Balaban J connectivity index is 1.45. The van der Waals surface area contributed by atoms with E-state index in [1.165, 1.54) is 0 Å². The molecule has 2 aromatic carbocycles. The lowest BCUT2D eigenvalue weighted by molar-refractivity contribution is 0.281. The van der Waals surface area contributed by atoms with Gasteiger partial charge in [0.25, 0.3) is 0 Å². The first kappa shape index (κ1) is 21.5. The highest BCUT2D eigenvalue weighted by Crippen LogP contribution is 2.38. The summed E-state index contributed by atoms with van der Waals surface area (Å²) in [6.45, 7) is 4.54. The average molecular weight is 438 g/mol. The number of nitrogens with zero attached hydrogens (tertiary/aromatic N) is 3. The number of aryl methyl sites for hydroxylation is 1. The SMILES string of the molecule is Cc1ccnc(COc2ccc(CN3[C@@H](C)CCC(c4ccccc4)S3(=O)=O)cc2)n1. The molecule has 0 amide bonds. The van der Waals surface area contributed by atoms with Gasteiger partial charge in [0.1, 0.15) is 17.6 Å². The Bertz CT molecular complexity index is 1120. The number of hydrogen-bond donors (Lipinski definition) is 0. The van der Waals surface area contributed by atoms with Crippen molar-refractivity contribution in [1.82, 2.24) is 14.3 Å². The normalized spacial score (nSPS) is 21.0. The van der Waals surface area contributed by atoms with Crippen molar-refractivity contribution in [2.45, 2.75) is 51.1 Å². The molecule has 0 N–H and O–H groups in total. The van der Waals surface area contributed by atoms with E-state index in [0.29, 0.717) is 24.5 Å². The average Bonchev–Trinajstić information content (AvgIpc) is 2.76. The van der Waals surface area contributed by atoms with E-state index in [2.05, 4.69) is 9.97 Å². The molecule has 0 saturated carbocycles. The number of sulfonamides is 1. The van der Waals surface area contributed by atoms with Gasteiger partial charge in [0.05, 0.1) is 0 Å². The molecule has 1 unspecified atom stereocenters. The Kier molecular flexibility index (Phi) is 6.34. The number of benzene rings is 2. The molecule has 2 heterocycles. The zero-order chi connectivity index (χ0) is 21.8. The molecule has 0 spiro atoms. The van der Waals surface area contributed by atoms with Gasteiger partial charge >= 0.3 is 0 Å². The van der Waals surface area contributed by atoms with Crippen LogP contribution in [0.15, 0.2) is 66.9 Å². The molecule has 1 aliphatic rings. The third kappa shape index (κ3) is 4.94. The number of rotatable bonds is 6.